The van der Waals surface area contributed by atoms with Gasteiger partial charge in [0.2, 0.25) is 0 Å². The van der Waals surface area contributed by atoms with Gasteiger partial charge in [0.1, 0.15) is 12.4 Å². The Balaban J connectivity index is 2.34. The van der Waals surface area contributed by atoms with Crippen molar-refractivity contribution in [3.05, 3.63) is 40.8 Å². The molecule has 5 nitrogen and oxygen atoms in total. The first-order valence-electron chi connectivity index (χ1n) is 4.03. The van der Waals surface area contributed by atoms with Crippen molar-refractivity contribution in [1.82, 2.24) is 0 Å². The summed E-state index contributed by atoms with van der Waals surface area (Å²) in [5.41, 5.74) is 7.97. The van der Waals surface area contributed by atoms with Gasteiger partial charge in [-0.05, 0) is 17.7 Å². The molecule has 0 unspecified atom stereocenters. The quantitative estimate of drug-likeness (QED) is 0.405. The van der Waals surface area contributed by atoms with Crippen LogP contribution in [0.4, 0.5) is 0 Å². The van der Waals surface area contributed by atoms with Gasteiger partial charge in [-0.1, -0.05) is 23.3 Å². The summed E-state index contributed by atoms with van der Waals surface area (Å²) in [4.78, 5) is 13.5. The fourth-order valence-electron chi connectivity index (χ4n) is 0.837. The minimum Gasteiger partial charge on any atom is -0.486 e. The molecule has 0 fully saturated rings. The highest BCUT2D eigenvalue weighted by atomic mass is 16.5. The molecular weight excluding hydrogens is 182 g/mol. The number of ether oxygens (including phenoxy) is 1. The third-order valence-electron chi connectivity index (χ3n) is 1.45. The van der Waals surface area contributed by atoms with Gasteiger partial charge in [-0.2, -0.15) is 0 Å². The Bertz CT molecular complexity index is 344. The fourth-order valence-corrected chi connectivity index (χ4v) is 0.837. The SMILES string of the molecule is [N-]=[N+]=NCC(=O)COc1ccccc1. The summed E-state index contributed by atoms with van der Waals surface area (Å²) in [6, 6.07) is 8.98. The van der Waals surface area contributed by atoms with Gasteiger partial charge in [0.25, 0.3) is 0 Å². The van der Waals surface area contributed by atoms with E-state index >= 15 is 0 Å². The van der Waals surface area contributed by atoms with Crippen LogP contribution in [-0.2, 0) is 4.79 Å². The number of hydrogen-bond acceptors (Lipinski definition) is 3. The number of carbonyl (C=O) groups is 1. The summed E-state index contributed by atoms with van der Waals surface area (Å²) in [7, 11) is 0. The van der Waals surface area contributed by atoms with Crippen molar-refractivity contribution in [2.75, 3.05) is 13.2 Å². The van der Waals surface area contributed by atoms with Crippen LogP contribution in [0.15, 0.2) is 35.4 Å². The largest absolute Gasteiger partial charge is 0.486 e. The molecule has 5 heteroatoms. The van der Waals surface area contributed by atoms with E-state index in [1.807, 2.05) is 18.2 Å². The zero-order valence-electron chi connectivity index (χ0n) is 7.46. The van der Waals surface area contributed by atoms with E-state index in [2.05, 4.69) is 10.0 Å². The topological polar surface area (TPSA) is 75.1 Å². The van der Waals surface area contributed by atoms with Gasteiger partial charge in [0.15, 0.2) is 5.78 Å². The minimum atomic E-state index is -0.244. The molecule has 1 rings (SSSR count). The number of Topliss-reactive ketones (excluding diaryl/α,β-unsaturated/α-hetero) is 1. The average Bonchev–Trinajstić information content (AvgIpc) is 2.25. The summed E-state index contributed by atoms with van der Waals surface area (Å²) >= 11 is 0. The number of benzene rings is 1. The third-order valence-corrected chi connectivity index (χ3v) is 1.45. The zero-order valence-corrected chi connectivity index (χ0v) is 7.46. The van der Waals surface area contributed by atoms with Crippen LogP contribution in [0.25, 0.3) is 10.4 Å². The van der Waals surface area contributed by atoms with Gasteiger partial charge in [-0.3, -0.25) is 4.79 Å². The van der Waals surface area contributed by atoms with Crippen molar-refractivity contribution in [2.45, 2.75) is 0 Å². The molecule has 0 bridgehead atoms. The van der Waals surface area contributed by atoms with Crippen LogP contribution in [0.2, 0.25) is 0 Å². The second-order valence-electron chi connectivity index (χ2n) is 2.53. The minimum absolute atomic E-state index is 0.0664. The van der Waals surface area contributed by atoms with Crippen LogP contribution in [0.1, 0.15) is 0 Å². The predicted octanol–water partition coefficient (Wildman–Crippen LogP) is 1.94. The van der Waals surface area contributed by atoms with Crippen LogP contribution in [-0.4, -0.2) is 18.9 Å². The lowest BCUT2D eigenvalue weighted by Gasteiger charge is -2.02. The molecule has 0 aliphatic heterocycles. The van der Waals surface area contributed by atoms with E-state index < -0.39 is 0 Å². The summed E-state index contributed by atoms with van der Waals surface area (Å²) in [5, 5.41) is 3.14. The molecule has 0 N–H and O–H groups in total. The molecule has 0 aliphatic carbocycles. The Labute approximate surface area is 80.9 Å². The zero-order chi connectivity index (χ0) is 10.2. The van der Waals surface area contributed by atoms with Gasteiger partial charge < -0.3 is 4.74 Å². The standard InChI is InChI=1S/C9H9N3O2/c10-12-11-6-8(13)7-14-9-4-2-1-3-5-9/h1-5H,6-7H2. The van der Waals surface area contributed by atoms with E-state index in [1.165, 1.54) is 0 Å². The maximum atomic E-state index is 11.0. The van der Waals surface area contributed by atoms with Crippen LogP contribution >= 0.6 is 0 Å². The Hall–Kier alpha value is -2.00. The normalized spacial score (nSPS) is 8.86. The second-order valence-corrected chi connectivity index (χ2v) is 2.53. The molecule has 72 valence electrons. The molecule has 0 heterocycles. The predicted molar refractivity (Wildman–Crippen MR) is 51.0 cm³/mol. The molecule has 0 saturated heterocycles. The molecule has 0 aliphatic rings. The molecule has 0 radical (unpaired) electrons. The van der Waals surface area contributed by atoms with E-state index in [9.17, 15) is 4.79 Å². The third kappa shape index (κ3) is 3.60. The molecule has 0 aromatic heterocycles. The van der Waals surface area contributed by atoms with Crippen molar-refractivity contribution in [3.63, 3.8) is 0 Å². The number of carbonyl (C=O) groups excluding carboxylic acids is 1. The summed E-state index contributed by atoms with van der Waals surface area (Å²) in [6.45, 7) is -0.230. The van der Waals surface area contributed by atoms with Gasteiger partial charge in [-0.25, -0.2) is 0 Å². The first kappa shape index (κ1) is 10.1. The first-order chi connectivity index (χ1) is 6.83. The second kappa shape index (κ2) is 5.61. The summed E-state index contributed by atoms with van der Waals surface area (Å²) in [6.07, 6.45) is 0. The van der Waals surface area contributed by atoms with Crippen molar-refractivity contribution < 1.29 is 9.53 Å². The number of rotatable bonds is 5. The summed E-state index contributed by atoms with van der Waals surface area (Å²) < 4.78 is 5.13. The maximum absolute atomic E-state index is 11.0. The van der Waals surface area contributed by atoms with Gasteiger partial charge in [-0.15, -0.1) is 0 Å². The maximum Gasteiger partial charge on any atom is 0.176 e. The number of nitrogens with zero attached hydrogens (tertiary/aromatic N) is 3. The molecule has 1 aromatic rings. The van der Waals surface area contributed by atoms with E-state index in [0.29, 0.717) is 5.75 Å². The van der Waals surface area contributed by atoms with Crippen molar-refractivity contribution in [3.8, 4) is 5.75 Å². The Morgan fingerprint density at radius 1 is 1.43 bits per heavy atom. The molecule has 0 spiro atoms. The average molecular weight is 191 g/mol. The van der Waals surface area contributed by atoms with Crippen LogP contribution in [0.3, 0.4) is 0 Å². The fraction of sp³-hybridized carbons (Fsp3) is 0.222. The lowest BCUT2D eigenvalue weighted by atomic mass is 10.3. The van der Waals surface area contributed by atoms with Crippen molar-refractivity contribution in [2.24, 2.45) is 5.11 Å². The first-order valence-corrected chi connectivity index (χ1v) is 4.03. The van der Waals surface area contributed by atoms with Crippen LogP contribution in [0, 0.1) is 0 Å². The van der Waals surface area contributed by atoms with Crippen molar-refractivity contribution >= 4 is 5.78 Å². The molecule has 1 aromatic carbocycles. The number of para-hydroxylation sites is 1. The summed E-state index contributed by atoms with van der Waals surface area (Å²) in [5.74, 6) is 0.383. The molecule has 0 atom stereocenters. The van der Waals surface area contributed by atoms with E-state index in [1.54, 1.807) is 12.1 Å². The number of azide groups is 1. The van der Waals surface area contributed by atoms with Gasteiger partial charge >= 0.3 is 0 Å². The molecule has 0 amide bonds. The van der Waals surface area contributed by atoms with Gasteiger partial charge in [0, 0.05) is 4.91 Å². The molecule has 0 saturated carbocycles. The highest BCUT2D eigenvalue weighted by Crippen LogP contribution is 2.07. The Morgan fingerprint density at radius 2 is 2.14 bits per heavy atom. The highest BCUT2D eigenvalue weighted by Gasteiger charge is 2.00. The van der Waals surface area contributed by atoms with Gasteiger partial charge in [0.05, 0.1) is 6.54 Å². The van der Waals surface area contributed by atoms with Crippen molar-refractivity contribution in [1.29, 1.82) is 0 Å². The van der Waals surface area contributed by atoms with E-state index in [0.717, 1.165) is 0 Å². The monoisotopic (exact) mass is 191 g/mol. The number of hydrogen-bond donors (Lipinski definition) is 0. The Kier molecular flexibility index (Phi) is 4.04. The van der Waals surface area contributed by atoms with E-state index in [4.69, 9.17) is 10.3 Å². The van der Waals surface area contributed by atoms with Crippen LogP contribution < -0.4 is 4.74 Å². The molecule has 14 heavy (non-hydrogen) atoms. The lowest BCUT2D eigenvalue weighted by Crippen LogP contribution is -2.13. The highest BCUT2D eigenvalue weighted by molar-refractivity contribution is 5.82. The van der Waals surface area contributed by atoms with Crippen LogP contribution in [0.5, 0.6) is 5.75 Å². The van der Waals surface area contributed by atoms with E-state index in [-0.39, 0.29) is 18.9 Å². The Morgan fingerprint density at radius 3 is 2.79 bits per heavy atom. The molecular formula is C9H9N3O2. The smallest absolute Gasteiger partial charge is 0.176 e. The lowest BCUT2D eigenvalue weighted by molar-refractivity contribution is -0.119. The number of ketones is 1.